The van der Waals surface area contributed by atoms with Gasteiger partial charge in [-0.25, -0.2) is 0 Å². The monoisotopic (exact) mass is 643 g/mol. The van der Waals surface area contributed by atoms with E-state index in [0.717, 1.165) is 48.1 Å². The van der Waals surface area contributed by atoms with Crippen molar-refractivity contribution in [2.24, 2.45) is 11.8 Å². The molecule has 2 aromatic carbocycles. The van der Waals surface area contributed by atoms with Crippen molar-refractivity contribution in [1.82, 2.24) is 10.3 Å². The predicted octanol–water partition coefficient (Wildman–Crippen LogP) is 8.36. The first-order valence-electron chi connectivity index (χ1n) is 15.1. The van der Waals surface area contributed by atoms with Crippen LogP contribution in [0.15, 0.2) is 77.8 Å². The molecule has 10 heteroatoms. The van der Waals surface area contributed by atoms with Gasteiger partial charge in [0.05, 0.1) is 23.3 Å². The van der Waals surface area contributed by atoms with Crippen LogP contribution in [0.25, 0.3) is 0 Å². The van der Waals surface area contributed by atoms with Crippen LogP contribution >= 0.6 is 12.0 Å². The van der Waals surface area contributed by atoms with Gasteiger partial charge in [-0.15, -0.1) is 0 Å². The highest BCUT2D eigenvalue weighted by atomic mass is 32.2. The van der Waals surface area contributed by atoms with Gasteiger partial charge < -0.3 is 23.8 Å². The highest BCUT2D eigenvalue weighted by Crippen LogP contribution is 2.21. The van der Waals surface area contributed by atoms with Gasteiger partial charge in [-0.3, -0.25) is 15.1 Å². The lowest BCUT2D eigenvalue weighted by Crippen LogP contribution is -2.22. The molecule has 3 aromatic rings. The summed E-state index contributed by atoms with van der Waals surface area (Å²) in [4.78, 5) is 23.7. The first kappa shape index (κ1) is 41.7. The molecule has 0 amide bonds. The Morgan fingerprint density at radius 2 is 1.60 bits per heavy atom. The number of non-ortho nitro benzene ring substituents is 1. The van der Waals surface area contributed by atoms with Gasteiger partial charge in [0.1, 0.15) is 18.6 Å². The number of nitro benzene ring substituents is 1. The second-order valence-corrected chi connectivity index (χ2v) is 12.5. The molecule has 0 radical (unpaired) electrons. The average molecular weight is 644 g/mol. The van der Waals surface area contributed by atoms with Crippen molar-refractivity contribution < 1.29 is 23.4 Å². The Balaban J connectivity index is 0.000000761. The van der Waals surface area contributed by atoms with Crippen LogP contribution < -0.4 is 10.1 Å². The number of ether oxygens (including phenoxy) is 2. The van der Waals surface area contributed by atoms with Crippen molar-refractivity contribution in [2.45, 2.75) is 78.4 Å². The molecule has 1 aromatic heterocycles. The molecule has 0 aliphatic carbocycles. The quantitative estimate of drug-likeness (QED) is 0.0645. The molecule has 1 N–H and O–H groups in total. The number of nitrogens with zero attached hydrogens (tertiary/aromatic N) is 2. The van der Waals surface area contributed by atoms with E-state index in [-0.39, 0.29) is 11.3 Å². The van der Waals surface area contributed by atoms with Crippen LogP contribution in [0.4, 0.5) is 5.69 Å². The minimum absolute atomic E-state index is 0.0417. The zero-order valence-electron chi connectivity index (χ0n) is 28.4. The summed E-state index contributed by atoms with van der Waals surface area (Å²) in [6, 6.07) is 20.5. The van der Waals surface area contributed by atoms with E-state index in [1.165, 1.54) is 43.1 Å². The van der Waals surface area contributed by atoms with Gasteiger partial charge in [0.15, 0.2) is 0 Å². The number of hydrogen-bond donors (Lipinski definition) is 1. The molecule has 1 heterocycles. The van der Waals surface area contributed by atoms with Crippen molar-refractivity contribution >= 4 is 24.0 Å². The highest BCUT2D eigenvalue weighted by molar-refractivity contribution is 7.94. The lowest BCUT2D eigenvalue weighted by Gasteiger charge is -2.14. The minimum atomic E-state index is -0.429. The van der Waals surface area contributed by atoms with Crippen LogP contribution in [-0.2, 0) is 26.7 Å². The predicted molar refractivity (Wildman–Crippen MR) is 185 cm³/mol. The molecule has 9 nitrogen and oxygen atoms in total. The number of methoxy groups -OCH3 is 1. The zero-order valence-corrected chi connectivity index (χ0v) is 29.3. The molecule has 0 saturated heterocycles. The average Bonchev–Trinajstić information content (AvgIpc) is 3.00. The Kier molecular flexibility index (Phi) is 23.1. The molecule has 1 atom stereocenters. The minimum Gasteiger partial charge on any atom is -0.487 e. The number of aldehydes is 1. The summed E-state index contributed by atoms with van der Waals surface area (Å²) in [6.45, 7) is 17.0. The van der Waals surface area contributed by atoms with E-state index in [4.69, 9.17) is 18.5 Å². The molecule has 45 heavy (non-hydrogen) atoms. The summed E-state index contributed by atoms with van der Waals surface area (Å²) >= 11 is 1.17. The Bertz CT molecular complexity index is 1150. The highest BCUT2D eigenvalue weighted by Gasteiger charge is 2.06. The molecule has 0 bridgehead atoms. The molecule has 3 rings (SSSR count). The summed E-state index contributed by atoms with van der Waals surface area (Å²) in [5, 5.41) is 13.8. The van der Waals surface area contributed by atoms with E-state index in [1.54, 1.807) is 32.5 Å². The number of benzene rings is 2. The fraction of sp³-hybridized carbons (Fsp3) is 0.486. The Hall–Kier alpha value is -3.31. The Morgan fingerprint density at radius 1 is 1.00 bits per heavy atom. The molecule has 0 fully saturated rings. The fourth-order valence-corrected chi connectivity index (χ4v) is 3.77. The third-order valence-electron chi connectivity index (χ3n) is 5.83. The van der Waals surface area contributed by atoms with Gasteiger partial charge in [-0.2, -0.15) is 0 Å². The van der Waals surface area contributed by atoms with E-state index < -0.39 is 4.92 Å². The summed E-state index contributed by atoms with van der Waals surface area (Å²) in [7, 11) is 3.26. The molecular formula is C35H53N3O6S. The third kappa shape index (κ3) is 23.7. The molecule has 0 aliphatic rings. The Labute approximate surface area is 274 Å². The van der Waals surface area contributed by atoms with Gasteiger partial charge >= 0.3 is 0 Å². The number of carbonyl (C=O) groups excluding carboxylic acids is 1. The lowest BCUT2D eigenvalue weighted by atomic mass is 9.98. The van der Waals surface area contributed by atoms with Crippen LogP contribution in [0, 0.1) is 22.0 Å². The van der Waals surface area contributed by atoms with Crippen LogP contribution in [0.1, 0.15) is 66.1 Å². The van der Waals surface area contributed by atoms with Gasteiger partial charge in [-0.1, -0.05) is 39.0 Å². The first-order valence-corrected chi connectivity index (χ1v) is 15.8. The van der Waals surface area contributed by atoms with Gasteiger partial charge in [0.25, 0.3) is 5.69 Å². The van der Waals surface area contributed by atoms with E-state index >= 15 is 0 Å². The summed E-state index contributed by atoms with van der Waals surface area (Å²) in [6.07, 6.45) is 4.87. The molecule has 0 saturated carbocycles. The smallest absolute Gasteiger partial charge is 0.269 e. The number of rotatable bonds is 13. The van der Waals surface area contributed by atoms with E-state index in [0.29, 0.717) is 12.5 Å². The maximum atomic E-state index is 10.2. The summed E-state index contributed by atoms with van der Waals surface area (Å²) < 4.78 is 15.5. The van der Waals surface area contributed by atoms with Gasteiger partial charge in [0.2, 0.25) is 0 Å². The largest absolute Gasteiger partial charge is 0.487 e. The first-order chi connectivity index (χ1) is 21.3. The van der Waals surface area contributed by atoms with Crippen molar-refractivity contribution in [2.75, 3.05) is 27.3 Å². The molecule has 250 valence electrons. The number of nitrogens with one attached hydrogen (secondary N) is 1. The third-order valence-corrected chi connectivity index (χ3v) is 6.46. The van der Waals surface area contributed by atoms with Crippen molar-refractivity contribution in [3.63, 3.8) is 0 Å². The SMILES string of the molecule is CC(C)CNCCC(C)Cc1ccc(OCc2ccccn2)cc1.CC=O.COC(C)(C)C.COSc1ccc([N+](=O)[O-])cc1. The number of hydrogen-bond acceptors (Lipinski definition) is 9. The number of aromatic nitrogens is 1. The fourth-order valence-electron chi connectivity index (χ4n) is 3.33. The van der Waals surface area contributed by atoms with Gasteiger partial charge in [-0.05, 0) is 107 Å². The van der Waals surface area contributed by atoms with Crippen LogP contribution in [0.5, 0.6) is 5.75 Å². The van der Waals surface area contributed by atoms with Gasteiger partial charge in [0, 0.05) is 42.4 Å². The topological polar surface area (TPSA) is 113 Å². The summed E-state index contributed by atoms with van der Waals surface area (Å²) in [5.74, 6) is 2.31. The van der Waals surface area contributed by atoms with E-state index in [9.17, 15) is 10.1 Å². The molecule has 0 spiro atoms. The maximum absolute atomic E-state index is 10.2. The second-order valence-electron chi connectivity index (χ2n) is 11.5. The molecule has 1 unspecified atom stereocenters. The van der Waals surface area contributed by atoms with Crippen LogP contribution in [0.3, 0.4) is 0 Å². The second kappa shape index (κ2) is 24.9. The number of nitro groups is 1. The van der Waals surface area contributed by atoms with E-state index in [1.807, 2.05) is 39.0 Å². The maximum Gasteiger partial charge on any atom is 0.269 e. The number of pyridine rings is 1. The zero-order chi connectivity index (χ0) is 34.1. The van der Waals surface area contributed by atoms with Crippen molar-refractivity contribution in [3.8, 4) is 5.75 Å². The van der Waals surface area contributed by atoms with Crippen molar-refractivity contribution in [1.29, 1.82) is 0 Å². The van der Waals surface area contributed by atoms with Crippen molar-refractivity contribution in [3.05, 3.63) is 94.3 Å². The lowest BCUT2D eigenvalue weighted by molar-refractivity contribution is -0.384. The molecule has 0 aliphatic heterocycles. The summed E-state index contributed by atoms with van der Waals surface area (Å²) in [5.41, 5.74) is 2.45. The van der Waals surface area contributed by atoms with Crippen LogP contribution in [-0.4, -0.2) is 49.1 Å². The standard InChI is InChI=1S/C21H30N2O.C7H7NO3S.C5H12O.C2H4O/c1-17(2)15-22-13-11-18(3)14-19-7-9-21(10-8-19)24-16-20-6-4-5-12-23-20;1-11-12-7-4-2-6(3-5-7)8(9)10;1-5(2,3)6-4;1-2-3/h4-10,12,17-18,22H,11,13-16H2,1-3H3;2-5H,1H3;1-4H3;2H,1H3. The number of carbonyl (C=O) groups is 1. The normalized spacial score (nSPS) is 11.1. The van der Waals surface area contributed by atoms with E-state index in [2.05, 4.69) is 55.3 Å². The van der Waals surface area contributed by atoms with Crippen LogP contribution in [0.2, 0.25) is 0 Å². The Morgan fingerprint density at radius 3 is 2.07 bits per heavy atom. The molecular weight excluding hydrogens is 590 g/mol.